The van der Waals surface area contributed by atoms with Gasteiger partial charge in [-0.05, 0) is 24.5 Å². The molecule has 4 heteroatoms. The lowest BCUT2D eigenvalue weighted by Crippen LogP contribution is -2.13. The van der Waals surface area contributed by atoms with Gasteiger partial charge in [0.25, 0.3) is 5.91 Å². The van der Waals surface area contributed by atoms with Gasteiger partial charge < -0.3 is 11.1 Å². The van der Waals surface area contributed by atoms with Crippen LogP contribution in [0.5, 0.6) is 0 Å². The zero-order valence-corrected chi connectivity index (χ0v) is 8.57. The maximum atomic E-state index is 10.9. The molecule has 0 aromatic carbocycles. The van der Waals surface area contributed by atoms with Crippen LogP contribution in [0.1, 0.15) is 29.8 Å². The maximum Gasteiger partial charge on any atom is 0.267 e. The number of nitrogens with zero attached hydrogens (tertiary/aromatic N) is 1. The quantitative estimate of drug-likeness (QED) is 0.763. The summed E-state index contributed by atoms with van der Waals surface area (Å²) in [4.78, 5) is 14.8. The second kappa shape index (κ2) is 4.29. The number of carbonyl (C=O) groups excluding carboxylic acids is 1. The Labute approximate surface area is 88.9 Å². The molecule has 0 atom stereocenters. The molecule has 4 nitrogen and oxygen atoms in total. The molecule has 80 valence electrons. The predicted octanol–water partition coefficient (Wildman–Crippen LogP) is 1.39. The third kappa shape index (κ3) is 2.94. The highest BCUT2D eigenvalue weighted by Crippen LogP contribution is 2.32. The smallest absolute Gasteiger partial charge is 0.267 e. The van der Waals surface area contributed by atoms with E-state index in [1.807, 2.05) is 6.07 Å². The summed E-state index contributed by atoms with van der Waals surface area (Å²) in [5.41, 5.74) is 6.37. The minimum absolute atomic E-state index is 0.312. The molecule has 1 aliphatic rings. The standard InChI is InChI=1S/C11H15N3O/c12-11(15)10-7-9(4-6-14-10)13-5-3-8-1-2-8/h4,6-8H,1-3,5H2,(H2,12,15)(H,13,14). The largest absolute Gasteiger partial charge is 0.385 e. The minimum Gasteiger partial charge on any atom is -0.385 e. The number of nitrogens with one attached hydrogen (secondary N) is 1. The molecular weight excluding hydrogens is 190 g/mol. The van der Waals surface area contributed by atoms with Crippen molar-refractivity contribution >= 4 is 11.6 Å². The molecule has 1 heterocycles. The Bertz CT molecular complexity index is 361. The Balaban J connectivity index is 1.88. The Morgan fingerprint density at radius 3 is 3.07 bits per heavy atom. The molecule has 1 aromatic rings. The SMILES string of the molecule is NC(=O)c1cc(NCCC2CC2)ccn1. The molecule has 0 saturated heterocycles. The van der Waals surface area contributed by atoms with Crippen molar-refractivity contribution in [3.63, 3.8) is 0 Å². The fourth-order valence-corrected chi connectivity index (χ4v) is 1.50. The monoisotopic (exact) mass is 205 g/mol. The van der Waals surface area contributed by atoms with E-state index in [1.54, 1.807) is 12.3 Å². The van der Waals surface area contributed by atoms with Crippen LogP contribution in [0.15, 0.2) is 18.3 Å². The molecule has 2 rings (SSSR count). The van der Waals surface area contributed by atoms with E-state index in [1.165, 1.54) is 19.3 Å². The summed E-state index contributed by atoms with van der Waals surface area (Å²) >= 11 is 0. The van der Waals surface area contributed by atoms with Crippen molar-refractivity contribution < 1.29 is 4.79 Å². The molecule has 0 aliphatic heterocycles. The zero-order valence-electron chi connectivity index (χ0n) is 8.57. The number of carbonyl (C=O) groups is 1. The van der Waals surface area contributed by atoms with Crippen molar-refractivity contribution in [1.29, 1.82) is 0 Å². The van der Waals surface area contributed by atoms with Gasteiger partial charge in [-0.3, -0.25) is 9.78 Å². The first-order valence-electron chi connectivity index (χ1n) is 5.25. The van der Waals surface area contributed by atoms with Crippen LogP contribution in [0.2, 0.25) is 0 Å². The first-order chi connectivity index (χ1) is 7.25. The number of rotatable bonds is 5. The van der Waals surface area contributed by atoms with Crippen molar-refractivity contribution in [1.82, 2.24) is 4.98 Å². The second-order valence-corrected chi connectivity index (χ2v) is 3.95. The molecule has 0 radical (unpaired) electrons. The summed E-state index contributed by atoms with van der Waals surface area (Å²) in [6.07, 6.45) is 5.53. The lowest BCUT2D eigenvalue weighted by molar-refractivity contribution is 0.0995. The maximum absolute atomic E-state index is 10.9. The molecule has 1 aliphatic carbocycles. The van der Waals surface area contributed by atoms with Crippen molar-refractivity contribution in [3.8, 4) is 0 Å². The number of aromatic nitrogens is 1. The first kappa shape index (κ1) is 9.96. The van der Waals surface area contributed by atoms with Crippen LogP contribution in [0.3, 0.4) is 0 Å². The van der Waals surface area contributed by atoms with Gasteiger partial charge in [0.1, 0.15) is 5.69 Å². The summed E-state index contributed by atoms with van der Waals surface area (Å²) in [6.45, 7) is 0.951. The second-order valence-electron chi connectivity index (χ2n) is 3.95. The van der Waals surface area contributed by atoms with Crippen LogP contribution < -0.4 is 11.1 Å². The molecule has 1 saturated carbocycles. The van der Waals surface area contributed by atoms with Crippen LogP contribution in [-0.4, -0.2) is 17.4 Å². The highest BCUT2D eigenvalue weighted by Gasteiger charge is 2.20. The van der Waals surface area contributed by atoms with E-state index >= 15 is 0 Å². The van der Waals surface area contributed by atoms with Gasteiger partial charge in [0, 0.05) is 18.4 Å². The Hall–Kier alpha value is -1.58. The number of hydrogen-bond acceptors (Lipinski definition) is 3. The molecule has 1 aromatic heterocycles. The van der Waals surface area contributed by atoms with E-state index in [-0.39, 0.29) is 0 Å². The number of pyridine rings is 1. The number of hydrogen-bond donors (Lipinski definition) is 2. The van der Waals surface area contributed by atoms with Gasteiger partial charge in [0.05, 0.1) is 0 Å². The molecule has 1 fully saturated rings. The first-order valence-corrected chi connectivity index (χ1v) is 5.25. The number of primary amides is 1. The lowest BCUT2D eigenvalue weighted by atomic mass is 10.2. The molecular formula is C11H15N3O. The van der Waals surface area contributed by atoms with Gasteiger partial charge in [-0.15, -0.1) is 0 Å². The van der Waals surface area contributed by atoms with Gasteiger partial charge in [-0.1, -0.05) is 12.8 Å². The van der Waals surface area contributed by atoms with Gasteiger partial charge in [0.15, 0.2) is 0 Å². The average Bonchev–Trinajstić information content (AvgIpc) is 3.02. The van der Waals surface area contributed by atoms with Crippen LogP contribution in [0.4, 0.5) is 5.69 Å². The number of amides is 1. The van der Waals surface area contributed by atoms with Crippen molar-refractivity contribution in [2.24, 2.45) is 11.7 Å². The van der Waals surface area contributed by atoms with E-state index in [4.69, 9.17) is 5.73 Å². The van der Waals surface area contributed by atoms with Gasteiger partial charge >= 0.3 is 0 Å². The van der Waals surface area contributed by atoms with Gasteiger partial charge in [0.2, 0.25) is 0 Å². The van der Waals surface area contributed by atoms with Gasteiger partial charge in [-0.2, -0.15) is 0 Å². The Morgan fingerprint density at radius 2 is 2.40 bits per heavy atom. The van der Waals surface area contributed by atoms with E-state index in [0.29, 0.717) is 5.69 Å². The van der Waals surface area contributed by atoms with Crippen molar-refractivity contribution in [2.45, 2.75) is 19.3 Å². The average molecular weight is 205 g/mol. The highest BCUT2D eigenvalue weighted by molar-refractivity contribution is 5.91. The van der Waals surface area contributed by atoms with Crippen LogP contribution in [0.25, 0.3) is 0 Å². The fraction of sp³-hybridized carbons (Fsp3) is 0.455. The van der Waals surface area contributed by atoms with Crippen molar-refractivity contribution in [2.75, 3.05) is 11.9 Å². The number of anilines is 1. The van der Waals surface area contributed by atoms with Crippen molar-refractivity contribution in [3.05, 3.63) is 24.0 Å². The topological polar surface area (TPSA) is 68.0 Å². The summed E-state index contributed by atoms with van der Waals surface area (Å²) in [5, 5.41) is 3.26. The van der Waals surface area contributed by atoms with E-state index < -0.39 is 5.91 Å². The van der Waals surface area contributed by atoms with E-state index in [9.17, 15) is 4.79 Å². The molecule has 15 heavy (non-hydrogen) atoms. The van der Waals surface area contributed by atoms with Crippen LogP contribution >= 0.6 is 0 Å². The number of nitrogens with two attached hydrogens (primary N) is 1. The van der Waals surface area contributed by atoms with Gasteiger partial charge in [-0.25, -0.2) is 0 Å². The summed E-state index contributed by atoms with van der Waals surface area (Å²) in [5.74, 6) is 0.427. The molecule has 0 unspecified atom stereocenters. The van der Waals surface area contributed by atoms with Crippen LogP contribution in [0, 0.1) is 5.92 Å². The van der Waals surface area contributed by atoms with Crippen LogP contribution in [-0.2, 0) is 0 Å². The normalized spacial score (nSPS) is 14.9. The molecule has 0 spiro atoms. The third-order valence-corrected chi connectivity index (χ3v) is 2.59. The zero-order chi connectivity index (χ0) is 10.7. The molecule has 1 amide bonds. The molecule has 0 bridgehead atoms. The third-order valence-electron chi connectivity index (χ3n) is 2.59. The van der Waals surface area contributed by atoms with E-state index in [0.717, 1.165) is 18.2 Å². The summed E-state index contributed by atoms with van der Waals surface area (Å²) in [6, 6.07) is 3.54. The Morgan fingerprint density at radius 1 is 1.60 bits per heavy atom. The summed E-state index contributed by atoms with van der Waals surface area (Å²) in [7, 11) is 0. The van der Waals surface area contributed by atoms with E-state index in [2.05, 4.69) is 10.3 Å². The predicted molar refractivity (Wildman–Crippen MR) is 58.6 cm³/mol. The molecule has 3 N–H and O–H groups in total. The summed E-state index contributed by atoms with van der Waals surface area (Å²) < 4.78 is 0. The highest BCUT2D eigenvalue weighted by atomic mass is 16.1. The fourth-order valence-electron chi connectivity index (χ4n) is 1.50. The lowest BCUT2D eigenvalue weighted by Gasteiger charge is -2.05. The Kier molecular flexibility index (Phi) is 2.85. The minimum atomic E-state index is -0.485.